The van der Waals surface area contributed by atoms with Gasteiger partial charge in [-0.25, -0.2) is 4.98 Å². The molecule has 7 nitrogen and oxygen atoms in total. The summed E-state index contributed by atoms with van der Waals surface area (Å²) in [6.45, 7) is 7.75. The van der Waals surface area contributed by atoms with Gasteiger partial charge in [0, 0.05) is 33.8 Å². The zero-order chi connectivity index (χ0) is 15.7. The number of aromatic nitrogens is 1. The predicted octanol–water partition coefficient (Wildman–Crippen LogP) is 0.535. The predicted molar refractivity (Wildman–Crippen MR) is 83.6 cm³/mol. The molecule has 0 amide bonds. The highest BCUT2D eigenvalue weighted by molar-refractivity contribution is 5.79. The number of aryl methyl sites for hydroxylation is 2. The first-order valence-corrected chi connectivity index (χ1v) is 7.11. The molecule has 120 valence electrons. The third kappa shape index (κ3) is 6.59. The first kappa shape index (κ1) is 17.5. The number of likely N-dealkylation sites (N-methyl/N-ethyl adjacent to an activating group) is 1. The van der Waals surface area contributed by atoms with Crippen LogP contribution in [0.4, 0.5) is 0 Å². The average molecular weight is 297 g/mol. The van der Waals surface area contributed by atoms with Crippen molar-refractivity contribution in [3.05, 3.63) is 17.3 Å². The fourth-order valence-corrected chi connectivity index (χ4v) is 1.72. The van der Waals surface area contributed by atoms with Crippen LogP contribution in [-0.2, 0) is 11.3 Å². The monoisotopic (exact) mass is 297 g/mol. The molecule has 0 aliphatic carbocycles. The molecule has 0 fully saturated rings. The van der Waals surface area contributed by atoms with Gasteiger partial charge in [0.05, 0.1) is 18.8 Å². The maximum atomic E-state index is 5.52. The number of aliphatic imine (C=N–C) groups is 1. The molecule has 1 aromatic heterocycles. The summed E-state index contributed by atoms with van der Waals surface area (Å²) in [6, 6.07) is 0. The van der Waals surface area contributed by atoms with Gasteiger partial charge in [-0.2, -0.15) is 0 Å². The van der Waals surface area contributed by atoms with E-state index in [-0.39, 0.29) is 0 Å². The minimum absolute atomic E-state index is 0.522. The number of nitrogens with one attached hydrogen (secondary N) is 2. The number of nitrogens with zero attached hydrogens (tertiary/aromatic N) is 3. The van der Waals surface area contributed by atoms with Crippen molar-refractivity contribution in [3.8, 4) is 0 Å². The first-order valence-electron chi connectivity index (χ1n) is 7.11. The quantitative estimate of drug-likeness (QED) is 0.539. The van der Waals surface area contributed by atoms with Gasteiger partial charge in [-0.3, -0.25) is 4.99 Å². The minimum Gasteiger partial charge on any atom is -0.444 e. The standard InChI is InChI=1S/C14H27N5O2/c1-11-12(2)21-13(18-11)10-17-14(15-3)16-6-7-19(4)8-9-20-5/h6-10H2,1-5H3,(H2,15,16,17). The second kappa shape index (κ2) is 9.36. The third-order valence-electron chi connectivity index (χ3n) is 3.17. The van der Waals surface area contributed by atoms with Crippen LogP contribution in [0.1, 0.15) is 17.3 Å². The van der Waals surface area contributed by atoms with Crippen molar-refractivity contribution in [3.63, 3.8) is 0 Å². The average Bonchev–Trinajstić information content (AvgIpc) is 2.79. The van der Waals surface area contributed by atoms with E-state index in [1.165, 1.54) is 0 Å². The summed E-state index contributed by atoms with van der Waals surface area (Å²) in [4.78, 5) is 10.7. The summed E-state index contributed by atoms with van der Waals surface area (Å²) in [5, 5.41) is 6.44. The number of oxazole rings is 1. The molecule has 0 atom stereocenters. The van der Waals surface area contributed by atoms with Gasteiger partial charge >= 0.3 is 0 Å². The van der Waals surface area contributed by atoms with Crippen molar-refractivity contribution in [2.75, 3.05) is 47.4 Å². The Hall–Kier alpha value is -1.60. The molecular formula is C14H27N5O2. The summed E-state index contributed by atoms with van der Waals surface area (Å²) in [6.07, 6.45) is 0. The van der Waals surface area contributed by atoms with Gasteiger partial charge in [0.15, 0.2) is 5.96 Å². The molecule has 0 aliphatic heterocycles. The van der Waals surface area contributed by atoms with Gasteiger partial charge in [0.2, 0.25) is 5.89 Å². The molecule has 0 unspecified atom stereocenters. The summed E-state index contributed by atoms with van der Waals surface area (Å²) >= 11 is 0. The van der Waals surface area contributed by atoms with Crippen LogP contribution in [0.15, 0.2) is 9.41 Å². The highest BCUT2D eigenvalue weighted by Crippen LogP contribution is 2.07. The zero-order valence-electron chi connectivity index (χ0n) is 13.7. The molecular weight excluding hydrogens is 270 g/mol. The van der Waals surface area contributed by atoms with Crippen molar-refractivity contribution in [1.29, 1.82) is 0 Å². The van der Waals surface area contributed by atoms with E-state index in [0.29, 0.717) is 12.4 Å². The molecule has 0 aromatic carbocycles. The number of ether oxygens (including phenoxy) is 1. The fourth-order valence-electron chi connectivity index (χ4n) is 1.72. The molecule has 1 aromatic rings. The molecule has 0 bridgehead atoms. The Bertz CT molecular complexity index is 425. The molecule has 1 heterocycles. The normalized spacial score (nSPS) is 12.0. The molecule has 2 N–H and O–H groups in total. The lowest BCUT2D eigenvalue weighted by Crippen LogP contribution is -2.41. The van der Waals surface area contributed by atoms with Gasteiger partial charge in [-0.15, -0.1) is 0 Å². The maximum absolute atomic E-state index is 5.52. The van der Waals surface area contributed by atoms with E-state index in [2.05, 4.69) is 32.6 Å². The van der Waals surface area contributed by atoms with E-state index < -0.39 is 0 Å². The Morgan fingerprint density at radius 1 is 1.33 bits per heavy atom. The number of hydrogen-bond acceptors (Lipinski definition) is 5. The lowest BCUT2D eigenvalue weighted by molar-refractivity contribution is 0.162. The molecule has 0 radical (unpaired) electrons. The van der Waals surface area contributed by atoms with Crippen molar-refractivity contribution in [1.82, 2.24) is 20.5 Å². The van der Waals surface area contributed by atoms with Crippen LogP contribution >= 0.6 is 0 Å². The number of methoxy groups -OCH3 is 1. The SMILES string of the molecule is CN=C(NCCN(C)CCOC)NCc1nc(C)c(C)o1. The topological polar surface area (TPSA) is 74.9 Å². The van der Waals surface area contributed by atoms with Crippen molar-refractivity contribution in [2.24, 2.45) is 4.99 Å². The summed E-state index contributed by atoms with van der Waals surface area (Å²) in [7, 11) is 5.52. The van der Waals surface area contributed by atoms with Crippen LogP contribution in [0.3, 0.4) is 0 Å². The van der Waals surface area contributed by atoms with Crippen LogP contribution in [-0.4, -0.2) is 63.3 Å². The van der Waals surface area contributed by atoms with Crippen molar-refractivity contribution in [2.45, 2.75) is 20.4 Å². The molecule has 0 spiro atoms. The highest BCUT2D eigenvalue weighted by Gasteiger charge is 2.06. The lowest BCUT2D eigenvalue weighted by atomic mass is 10.4. The van der Waals surface area contributed by atoms with Gasteiger partial charge in [0.25, 0.3) is 0 Å². The van der Waals surface area contributed by atoms with Gasteiger partial charge in [0.1, 0.15) is 5.76 Å². The lowest BCUT2D eigenvalue weighted by Gasteiger charge is -2.17. The van der Waals surface area contributed by atoms with Crippen LogP contribution < -0.4 is 10.6 Å². The molecule has 0 aliphatic rings. The Labute approximate surface area is 126 Å². The number of guanidine groups is 1. The Morgan fingerprint density at radius 2 is 2.10 bits per heavy atom. The molecule has 21 heavy (non-hydrogen) atoms. The third-order valence-corrected chi connectivity index (χ3v) is 3.17. The molecule has 7 heteroatoms. The van der Waals surface area contributed by atoms with Crippen LogP contribution in [0.5, 0.6) is 0 Å². The highest BCUT2D eigenvalue weighted by atomic mass is 16.5. The van der Waals surface area contributed by atoms with E-state index in [0.717, 1.165) is 43.7 Å². The Morgan fingerprint density at radius 3 is 2.67 bits per heavy atom. The second-order valence-electron chi connectivity index (χ2n) is 4.90. The Balaban J connectivity index is 2.26. The first-order chi connectivity index (χ1) is 10.1. The summed E-state index contributed by atoms with van der Waals surface area (Å²) < 4.78 is 10.6. The van der Waals surface area contributed by atoms with E-state index in [9.17, 15) is 0 Å². The molecule has 1 rings (SSSR count). The van der Waals surface area contributed by atoms with E-state index >= 15 is 0 Å². The van der Waals surface area contributed by atoms with Crippen molar-refractivity contribution >= 4 is 5.96 Å². The minimum atomic E-state index is 0.522. The van der Waals surface area contributed by atoms with E-state index in [1.54, 1.807) is 14.2 Å². The van der Waals surface area contributed by atoms with Gasteiger partial charge in [-0.1, -0.05) is 0 Å². The number of rotatable bonds is 8. The summed E-state index contributed by atoms with van der Waals surface area (Å²) in [5.41, 5.74) is 0.925. The second-order valence-corrected chi connectivity index (χ2v) is 4.90. The van der Waals surface area contributed by atoms with Crippen molar-refractivity contribution < 1.29 is 9.15 Å². The van der Waals surface area contributed by atoms with Crippen LogP contribution in [0.2, 0.25) is 0 Å². The smallest absolute Gasteiger partial charge is 0.214 e. The maximum Gasteiger partial charge on any atom is 0.214 e. The summed E-state index contributed by atoms with van der Waals surface area (Å²) in [5.74, 6) is 2.27. The molecule has 0 saturated carbocycles. The van der Waals surface area contributed by atoms with Crippen LogP contribution in [0.25, 0.3) is 0 Å². The van der Waals surface area contributed by atoms with E-state index in [1.807, 2.05) is 13.8 Å². The zero-order valence-corrected chi connectivity index (χ0v) is 13.7. The Kier molecular flexibility index (Phi) is 7.78. The van der Waals surface area contributed by atoms with Crippen LogP contribution in [0, 0.1) is 13.8 Å². The largest absolute Gasteiger partial charge is 0.444 e. The van der Waals surface area contributed by atoms with Gasteiger partial charge in [-0.05, 0) is 20.9 Å². The van der Waals surface area contributed by atoms with E-state index in [4.69, 9.17) is 9.15 Å². The number of hydrogen-bond donors (Lipinski definition) is 2. The fraction of sp³-hybridized carbons (Fsp3) is 0.714. The molecule has 0 saturated heterocycles. The van der Waals surface area contributed by atoms with Gasteiger partial charge < -0.3 is 24.7 Å².